The van der Waals surface area contributed by atoms with E-state index in [1.54, 1.807) is 0 Å². The molecule has 18 heavy (non-hydrogen) atoms. The number of rotatable bonds is 8. The smallest absolute Gasteiger partial charge is 0.303 e. The van der Waals surface area contributed by atoms with Crippen LogP contribution >= 0.6 is 0 Å². The average molecular weight is 256 g/mol. The Morgan fingerprint density at radius 1 is 1.44 bits per heavy atom. The van der Waals surface area contributed by atoms with Crippen LogP contribution in [0.2, 0.25) is 0 Å². The Labute approximate surface area is 111 Å². The summed E-state index contributed by atoms with van der Waals surface area (Å²) in [5.41, 5.74) is 0.331. The Balaban J connectivity index is 2.11. The molecule has 0 aromatic rings. The normalized spacial score (nSPS) is 21.4. The molecule has 1 atom stereocenters. The molecule has 1 unspecified atom stereocenters. The van der Waals surface area contributed by atoms with Crippen LogP contribution < -0.4 is 5.32 Å². The number of aliphatic carboxylic acids is 1. The molecule has 1 heterocycles. The maximum atomic E-state index is 10.4. The highest BCUT2D eigenvalue weighted by molar-refractivity contribution is 5.66. The minimum absolute atomic E-state index is 0.290. The first-order valence-corrected chi connectivity index (χ1v) is 7.03. The second-order valence-electron chi connectivity index (χ2n) is 6.26. The third-order valence-corrected chi connectivity index (χ3v) is 4.07. The van der Waals surface area contributed by atoms with E-state index in [2.05, 4.69) is 31.1 Å². The number of carboxylic acids is 1. The van der Waals surface area contributed by atoms with Crippen LogP contribution in [0.3, 0.4) is 0 Å². The lowest BCUT2D eigenvalue weighted by Gasteiger charge is -2.32. The maximum Gasteiger partial charge on any atom is 0.303 e. The van der Waals surface area contributed by atoms with Gasteiger partial charge in [0.2, 0.25) is 0 Å². The van der Waals surface area contributed by atoms with Crippen molar-refractivity contribution in [3.8, 4) is 0 Å². The fraction of sp³-hybridized carbons (Fsp3) is 0.929. The molecule has 1 aliphatic rings. The van der Waals surface area contributed by atoms with Gasteiger partial charge < -0.3 is 15.3 Å². The molecular formula is C14H28N2O2. The van der Waals surface area contributed by atoms with Gasteiger partial charge in [0, 0.05) is 19.5 Å². The fourth-order valence-corrected chi connectivity index (χ4v) is 2.65. The second kappa shape index (κ2) is 7.10. The van der Waals surface area contributed by atoms with Gasteiger partial charge in [-0.05, 0) is 50.7 Å². The predicted octanol–water partition coefficient (Wildman–Crippen LogP) is 1.81. The molecule has 1 fully saturated rings. The number of carboxylic acid groups (broad SMARTS) is 1. The molecule has 4 nitrogen and oxygen atoms in total. The van der Waals surface area contributed by atoms with Crippen LogP contribution in [-0.4, -0.2) is 49.2 Å². The van der Waals surface area contributed by atoms with Gasteiger partial charge in [-0.1, -0.05) is 13.8 Å². The largest absolute Gasteiger partial charge is 0.481 e. The molecule has 0 bridgehead atoms. The summed E-state index contributed by atoms with van der Waals surface area (Å²) in [5, 5.41) is 12.0. The van der Waals surface area contributed by atoms with Gasteiger partial charge in [0.1, 0.15) is 0 Å². The maximum absolute atomic E-state index is 10.4. The summed E-state index contributed by atoms with van der Waals surface area (Å²) in [6.07, 6.45) is 3.31. The van der Waals surface area contributed by atoms with Crippen LogP contribution in [0.1, 0.15) is 39.5 Å². The molecular weight excluding hydrogens is 228 g/mol. The third kappa shape index (κ3) is 5.36. The van der Waals surface area contributed by atoms with Crippen LogP contribution in [0.25, 0.3) is 0 Å². The van der Waals surface area contributed by atoms with Crippen molar-refractivity contribution in [3.05, 3.63) is 0 Å². The van der Waals surface area contributed by atoms with E-state index in [0.717, 1.165) is 31.8 Å². The van der Waals surface area contributed by atoms with Crippen LogP contribution in [0, 0.1) is 11.3 Å². The van der Waals surface area contributed by atoms with E-state index in [9.17, 15) is 4.79 Å². The molecule has 4 heteroatoms. The number of hydrogen-bond acceptors (Lipinski definition) is 3. The van der Waals surface area contributed by atoms with Crippen LogP contribution in [0.15, 0.2) is 0 Å². The zero-order valence-corrected chi connectivity index (χ0v) is 12.0. The number of likely N-dealkylation sites (tertiary alicyclic amines) is 1. The van der Waals surface area contributed by atoms with Crippen molar-refractivity contribution in [1.82, 2.24) is 10.2 Å². The van der Waals surface area contributed by atoms with Gasteiger partial charge in [0.05, 0.1) is 0 Å². The summed E-state index contributed by atoms with van der Waals surface area (Å²) >= 11 is 0. The van der Waals surface area contributed by atoms with E-state index in [-0.39, 0.29) is 0 Å². The minimum Gasteiger partial charge on any atom is -0.481 e. The van der Waals surface area contributed by atoms with Crippen molar-refractivity contribution in [3.63, 3.8) is 0 Å². The van der Waals surface area contributed by atoms with Gasteiger partial charge in [-0.15, -0.1) is 0 Å². The van der Waals surface area contributed by atoms with E-state index in [0.29, 0.717) is 11.8 Å². The van der Waals surface area contributed by atoms with E-state index >= 15 is 0 Å². The number of nitrogens with zero attached hydrogens (tertiary/aromatic N) is 1. The summed E-state index contributed by atoms with van der Waals surface area (Å²) in [7, 11) is 2.19. The predicted molar refractivity (Wildman–Crippen MR) is 73.7 cm³/mol. The quantitative estimate of drug-likeness (QED) is 0.650. The van der Waals surface area contributed by atoms with E-state index in [1.165, 1.54) is 19.5 Å². The van der Waals surface area contributed by atoms with E-state index < -0.39 is 5.97 Å². The zero-order valence-electron chi connectivity index (χ0n) is 12.0. The van der Waals surface area contributed by atoms with Gasteiger partial charge in [-0.3, -0.25) is 4.79 Å². The molecule has 2 N–H and O–H groups in total. The van der Waals surface area contributed by atoms with Crippen molar-refractivity contribution in [2.45, 2.75) is 39.5 Å². The van der Waals surface area contributed by atoms with Crippen LogP contribution in [0.5, 0.6) is 0 Å². The Hall–Kier alpha value is -0.610. The van der Waals surface area contributed by atoms with Gasteiger partial charge in [0.25, 0.3) is 0 Å². The van der Waals surface area contributed by atoms with Crippen molar-refractivity contribution in [2.75, 3.05) is 33.2 Å². The van der Waals surface area contributed by atoms with Crippen molar-refractivity contribution in [1.29, 1.82) is 0 Å². The van der Waals surface area contributed by atoms with Crippen LogP contribution in [0.4, 0.5) is 0 Å². The fourth-order valence-electron chi connectivity index (χ4n) is 2.65. The third-order valence-electron chi connectivity index (χ3n) is 4.07. The highest BCUT2D eigenvalue weighted by Crippen LogP contribution is 2.33. The lowest BCUT2D eigenvalue weighted by Crippen LogP contribution is -2.37. The average Bonchev–Trinajstić information content (AvgIpc) is 2.70. The SMILES string of the molecule is CN1CCC(C(C)(C)CNCCCCC(=O)O)C1. The zero-order chi connectivity index (χ0) is 13.6. The van der Waals surface area contributed by atoms with Gasteiger partial charge in [-0.2, -0.15) is 0 Å². The van der Waals surface area contributed by atoms with Crippen molar-refractivity contribution >= 4 is 5.97 Å². The topological polar surface area (TPSA) is 52.6 Å². The summed E-state index contributed by atoms with van der Waals surface area (Å²) in [5.74, 6) is 0.0818. The lowest BCUT2D eigenvalue weighted by molar-refractivity contribution is -0.137. The molecule has 0 saturated carbocycles. The second-order valence-corrected chi connectivity index (χ2v) is 6.26. The number of carbonyl (C=O) groups is 1. The molecule has 0 spiro atoms. The Morgan fingerprint density at radius 2 is 2.17 bits per heavy atom. The summed E-state index contributed by atoms with van der Waals surface area (Å²) in [4.78, 5) is 12.8. The van der Waals surface area contributed by atoms with Gasteiger partial charge in [0.15, 0.2) is 0 Å². The Kier molecular flexibility index (Phi) is 6.09. The highest BCUT2D eigenvalue weighted by Gasteiger charge is 2.33. The van der Waals surface area contributed by atoms with E-state index in [4.69, 9.17) is 5.11 Å². The molecule has 0 aromatic heterocycles. The lowest BCUT2D eigenvalue weighted by atomic mass is 9.78. The van der Waals surface area contributed by atoms with Crippen LogP contribution in [-0.2, 0) is 4.79 Å². The molecule has 106 valence electrons. The minimum atomic E-state index is -0.690. The number of unbranched alkanes of at least 4 members (excludes halogenated alkanes) is 1. The van der Waals surface area contributed by atoms with E-state index in [1.807, 2.05) is 0 Å². The Bertz CT molecular complexity index is 267. The molecule has 1 saturated heterocycles. The molecule has 0 aromatic carbocycles. The molecule has 0 radical (unpaired) electrons. The summed E-state index contributed by atoms with van der Waals surface area (Å²) in [6.45, 7) is 9.04. The summed E-state index contributed by atoms with van der Waals surface area (Å²) < 4.78 is 0. The first kappa shape index (κ1) is 15.4. The standard InChI is InChI=1S/C14H28N2O2/c1-14(2,12-7-9-16(3)10-12)11-15-8-5-4-6-13(17)18/h12,15H,4-11H2,1-3H3,(H,17,18). The molecule has 1 aliphatic heterocycles. The first-order chi connectivity index (χ1) is 8.42. The monoisotopic (exact) mass is 256 g/mol. The Morgan fingerprint density at radius 3 is 2.72 bits per heavy atom. The number of nitrogens with one attached hydrogen (secondary N) is 1. The van der Waals surface area contributed by atoms with Crippen molar-refractivity contribution in [2.24, 2.45) is 11.3 Å². The summed E-state index contributed by atoms with van der Waals surface area (Å²) in [6, 6.07) is 0. The first-order valence-electron chi connectivity index (χ1n) is 7.03. The van der Waals surface area contributed by atoms with Gasteiger partial charge >= 0.3 is 5.97 Å². The van der Waals surface area contributed by atoms with Crippen molar-refractivity contribution < 1.29 is 9.90 Å². The molecule has 1 rings (SSSR count). The molecule has 0 aliphatic carbocycles. The van der Waals surface area contributed by atoms with Gasteiger partial charge in [-0.25, -0.2) is 0 Å². The number of hydrogen-bond donors (Lipinski definition) is 2. The highest BCUT2D eigenvalue weighted by atomic mass is 16.4. The molecule has 0 amide bonds.